The molecule has 10 nitrogen and oxygen atoms in total. The molecule has 40 heavy (non-hydrogen) atoms. The summed E-state index contributed by atoms with van der Waals surface area (Å²) >= 11 is 1.19. The lowest BCUT2D eigenvalue weighted by Crippen LogP contribution is -2.29. The van der Waals surface area contributed by atoms with E-state index in [0.29, 0.717) is 45.9 Å². The standard InChI is InChI=1S/C29H31N5O5S/c1-15(2)11-13-39-20-10-9-19(14-21(20)38-6)24-22(26(36)28(37)34(24)29-32-31-18(5)40-29)25(35)23-17(4)33-12-7-8-16(3)27(33)30-23/h7-10,12,14-15,24,35H,11,13H2,1-6H3. The van der Waals surface area contributed by atoms with Crippen molar-refractivity contribution in [2.45, 2.75) is 47.1 Å². The van der Waals surface area contributed by atoms with E-state index in [-0.39, 0.29) is 22.2 Å². The fraction of sp³-hybridized carbons (Fsp3) is 0.345. The number of rotatable bonds is 8. The Labute approximate surface area is 235 Å². The van der Waals surface area contributed by atoms with E-state index in [2.05, 4.69) is 29.0 Å². The lowest BCUT2D eigenvalue weighted by molar-refractivity contribution is -0.132. The minimum Gasteiger partial charge on any atom is -0.505 e. The third-order valence-electron chi connectivity index (χ3n) is 6.93. The maximum absolute atomic E-state index is 13.6. The number of nitrogens with zero attached hydrogens (tertiary/aromatic N) is 5. The Bertz CT molecular complexity index is 1650. The van der Waals surface area contributed by atoms with Gasteiger partial charge in [-0.15, -0.1) is 10.2 Å². The van der Waals surface area contributed by atoms with Gasteiger partial charge in [0.1, 0.15) is 16.3 Å². The molecular formula is C29H31N5O5S. The summed E-state index contributed by atoms with van der Waals surface area (Å²) in [4.78, 5) is 33.0. The zero-order valence-electron chi connectivity index (χ0n) is 23.3. The van der Waals surface area contributed by atoms with Crippen molar-refractivity contribution >= 4 is 39.6 Å². The van der Waals surface area contributed by atoms with Gasteiger partial charge >= 0.3 is 5.91 Å². The first-order chi connectivity index (χ1) is 19.1. The van der Waals surface area contributed by atoms with Gasteiger partial charge in [0.2, 0.25) is 5.13 Å². The Balaban J connectivity index is 1.68. The molecule has 1 N–H and O–H groups in total. The number of ketones is 1. The molecule has 1 aromatic carbocycles. The highest BCUT2D eigenvalue weighted by Gasteiger charge is 2.49. The molecule has 208 valence electrons. The van der Waals surface area contributed by atoms with Crippen LogP contribution in [0.2, 0.25) is 0 Å². The number of anilines is 1. The first kappa shape index (κ1) is 27.3. The number of aryl methyl sites for hydroxylation is 3. The number of hydrogen-bond donors (Lipinski definition) is 1. The van der Waals surface area contributed by atoms with Crippen LogP contribution in [-0.4, -0.2) is 50.1 Å². The quantitative estimate of drug-likeness (QED) is 0.178. The fourth-order valence-corrected chi connectivity index (χ4v) is 5.50. The van der Waals surface area contributed by atoms with Crippen LogP contribution in [0.15, 0.2) is 42.1 Å². The molecule has 0 bridgehead atoms. The summed E-state index contributed by atoms with van der Waals surface area (Å²) in [6.07, 6.45) is 2.71. The highest BCUT2D eigenvalue weighted by Crippen LogP contribution is 2.45. The predicted octanol–water partition coefficient (Wildman–Crippen LogP) is 5.17. The summed E-state index contributed by atoms with van der Waals surface area (Å²) in [6, 6.07) is 8.04. The maximum atomic E-state index is 13.6. The number of pyridine rings is 1. The number of ether oxygens (including phenoxy) is 2. The average Bonchev–Trinajstić information content (AvgIpc) is 3.58. The van der Waals surface area contributed by atoms with Crippen LogP contribution in [0.5, 0.6) is 11.5 Å². The van der Waals surface area contributed by atoms with Crippen molar-refractivity contribution in [1.29, 1.82) is 0 Å². The number of carbonyl (C=O) groups excluding carboxylic acids is 2. The Morgan fingerprint density at radius 2 is 1.90 bits per heavy atom. The van der Waals surface area contributed by atoms with Gasteiger partial charge in [-0.3, -0.25) is 14.5 Å². The molecule has 11 heteroatoms. The van der Waals surface area contributed by atoms with Crippen LogP contribution in [0.25, 0.3) is 11.4 Å². The number of amides is 1. The van der Waals surface area contributed by atoms with Gasteiger partial charge in [-0.2, -0.15) is 0 Å². The van der Waals surface area contributed by atoms with Crippen molar-refractivity contribution in [3.05, 3.63) is 69.6 Å². The summed E-state index contributed by atoms with van der Waals surface area (Å²) in [5.74, 6) is -0.533. The topological polar surface area (TPSA) is 119 Å². The summed E-state index contributed by atoms with van der Waals surface area (Å²) in [7, 11) is 1.53. The van der Waals surface area contributed by atoms with E-state index < -0.39 is 17.7 Å². The molecule has 0 radical (unpaired) electrons. The lowest BCUT2D eigenvalue weighted by atomic mass is 9.96. The number of Topliss-reactive ketones (excluding diaryl/α,β-unsaturated/α-hetero) is 1. The van der Waals surface area contributed by atoms with Crippen LogP contribution in [0.1, 0.15) is 53.8 Å². The Morgan fingerprint density at radius 3 is 2.55 bits per heavy atom. The van der Waals surface area contributed by atoms with E-state index >= 15 is 0 Å². The van der Waals surface area contributed by atoms with Crippen LogP contribution in [0, 0.1) is 26.7 Å². The second kappa shape index (κ2) is 10.7. The third-order valence-corrected chi connectivity index (χ3v) is 7.77. The Morgan fingerprint density at radius 1 is 1.12 bits per heavy atom. The van der Waals surface area contributed by atoms with Crippen molar-refractivity contribution in [2.75, 3.05) is 18.6 Å². The van der Waals surface area contributed by atoms with Gasteiger partial charge in [-0.1, -0.05) is 37.3 Å². The van der Waals surface area contributed by atoms with E-state index in [1.54, 1.807) is 32.0 Å². The number of imidazole rings is 1. The van der Waals surface area contributed by atoms with E-state index in [9.17, 15) is 14.7 Å². The molecule has 5 rings (SSSR count). The van der Waals surface area contributed by atoms with E-state index in [0.717, 1.165) is 12.0 Å². The number of benzene rings is 1. The van der Waals surface area contributed by atoms with Crippen LogP contribution < -0.4 is 14.4 Å². The molecule has 4 heterocycles. The minimum absolute atomic E-state index is 0.0856. The van der Waals surface area contributed by atoms with E-state index in [4.69, 9.17) is 9.47 Å². The number of fused-ring (bicyclic) bond motifs is 1. The van der Waals surface area contributed by atoms with Gasteiger partial charge in [0.05, 0.1) is 31.0 Å². The molecule has 4 aromatic rings. The molecule has 1 aliphatic heterocycles. The smallest absolute Gasteiger partial charge is 0.301 e. The van der Waals surface area contributed by atoms with Gasteiger partial charge in [-0.25, -0.2) is 4.98 Å². The summed E-state index contributed by atoms with van der Waals surface area (Å²) in [5, 5.41) is 20.7. The normalized spacial score (nSPS) is 16.9. The van der Waals surface area contributed by atoms with Crippen molar-refractivity contribution in [3.63, 3.8) is 0 Å². The molecule has 1 atom stereocenters. The summed E-state index contributed by atoms with van der Waals surface area (Å²) < 4.78 is 13.4. The fourth-order valence-electron chi connectivity index (χ4n) is 4.78. The van der Waals surface area contributed by atoms with Crippen molar-refractivity contribution < 1.29 is 24.2 Å². The molecule has 0 saturated carbocycles. The lowest BCUT2D eigenvalue weighted by Gasteiger charge is -2.23. The van der Waals surface area contributed by atoms with Crippen LogP contribution in [0.3, 0.4) is 0 Å². The zero-order chi connectivity index (χ0) is 28.7. The number of carbonyl (C=O) groups is 2. The minimum atomic E-state index is -0.990. The first-order valence-corrected chi connectivity index (χ1v) is 13.8. The maximum Gasteiger partial charge on any atom is 0.301 e. The first-order valence-electron chi connectivity index (χ1n) is 13.0. The van der Waals surface area contributed by atoms with Crippen LogP contribution in [0.4, 0.5) is 5.13 Å². The van der Waals surface area contributed by atoms with Crippen molar-refractivity contribution in [2.24, 2.45) is 5.92 Å². The molecular weight excluding hydrogens is 530 g/mol. The second-order valence-electron chi connectivity index (χ2n) is 10.1. The molecule has 1 amide bonds. The van der Waals surface area contributed by atoms with Gasteiger partial charge in [0, 0.05) is 6.20 Å². The third kappa shape index (κ3) is 4.70. The van der Waals surface area contributed by atoms with E-state index in [1.807, 2.05) is 29.7 Å². The number of aliphatic hydroxyl groups is 1. The molecule has 1 aliphatic rings. The molecule has 1 fully saturated rings. The van der Waals surface area contributed by atoms with Gasteiger partial charge in [0.15, 0.2) is 17.3 Å². The molecule has 1 unspecified atom stereocenters. The number of methoxy groups -OCH3 is 1. The monoisotopic (exact) mass is 561 g/mol. The molecule has 1 saturated heterocycles. The van der Waals surface area contributed by atoms with Gasteiger partial charge in [-0.05, 0) is 62.4 Å². The van der Waals surface area contributed by atoms with Crippen LogP contribution >= 0.6 is 11.3 Å². The summed E-state index contributed by atoms with van der Waals surface area (Å²) in [6.45, 7) is 10.2. The molecule has 0 aliphatic carbocycles. The number of aromatic nitrogens is 4. The SMILES string of the molecule is COc1cc(C2C(=C(O)c3nc4c(C)cccn4c3C)C(=O)C(=O)N2c2nnc(C)s2)ccc1OCCC(C)C. The average molecular weight is 562 g/mol. The van der Waals surface area contributed by atoms with Gasteiger partial charge < -0.3 is 19.0 Å². The zero-order valence-corrected chi connectivity index (χ0v) is 24.1. The molecule has 0 spiro atoms. The largest absolute Gasteiger partial charge is 0.505 e. The second-order valence-corrected chi connectivity index (χ2v) is 11.3. The van der Waals surface area contributed by atoms with Crippen molar-refractivity contribution in [3.8, 4) is 11.5 Å². The highest BCUT2D eigenvalue weighted by molar-refractivity contribution is 7.15. The predicted molar refractivity (Wildman–Crippen MR) is 152 cm³/mol. The Hall–Kier alpha value is -4.25. The van der Waals surface area contributed by atoms with E-state index in [1.165, 1.54) is 23.3 Å². The number of aliphatic hydroxyl groups excluding tert-OH is 1. The highest BCUT2D eigenvalue weighted by atomic mass is 32.1. The van der Waals surface area contributed by atoms with Crippen LogP contribution in [-0.2, 0) is 9.59 Å². The van der Waals surface area contributed by atoms with Gasteiger partial charge in [0.25, 0.3) is 5.78 Å². The molecule has 3 aromatic heterocycles. The summed E-state index contributed by atoms with van der Waals surface area (Å²) in [5.41, 5.74) is 2.88. The van der Waals surface area contributed by atoms with Crippen molar-refractivity contribution in [1.82, 2.24) is 19.6 Å². The number of hydrogen-bond acceptors (Lipinski definition) is 9. The Kier molecular flexibility index (Phi) is 7.33.